The molecule has 1 aliphatic rings. The quantitative estimate of drug-likeness (QED) is 0.680. The number of likely N-dealkylation sites (tertiary alicyclic amines) is 1. The van der Waals surface area contributed by atoms with E-state index in [1.807, 2.05) is 23.1 Å². The number of likely N-dealkylation sites (N-methyl/N-ethyl adjacent to an activating group) is 1. The summed E-state index contributed by atoms with van der Waals surface area (Å²) in [7, 11) is 1.77. The SMILES string of the molecule is CNCC(=O)N1CCC(c2nc3c(oc4ccc(Br)cc43)c(=O)[nH]2)CC1. The number of rotatable bonds is 3. The van der Waals surface area contributed by atoms with E-state index < -0.39 is 0 Å². The predicted molar refractivity (Wildman–Crippen MR) is 102 cm³/mol. The van der Waals surface area contributed by atoms with Crippen molar-refractivity contribution >= 4 is 43.9 Å². The number of halogens is 1. The van der Waals surface area contributed by atoms with Crippen LogP contribution in [0.25, 0.3) is 22.1 Å². The van der Waals surface area contributed by atoms with Gasteiger partial charge in [0.15, 0.2) is 0 Å². The fraction of sp³-hybridized carbons (Fsp3) is 0.389. The van der Waals surface area contributed by atoms with Crippen LogP contribution in [0.1, 0.15) is 24.6 Å². The van der Waals surface area contributed by atoms with Gasteiger partial charge < -0.3 is 19.6 Å². The summed E-state index contributed by atoms with van der Waals surface area (Å²) in [6.07, 6.45) is 1.56. The molecule has 1 aromatic carbocycles. The van der Waals surface area contributed by atoms with Crippen LogP contribution >= 0.6 is 15.9 Å². The van der Waals surface area contributed by atoms with Crippen LogP contribution in [-0.2, 0) is 4.79 Å². The van der Waals surface area contributed by atoms with Gasteiger partial charge in [0.05, 0.1) is 6.54 Å². The van der Waals surface area contributed by atoms with E-state index in [4.69, 9.17) is 9.40 Å². The number of fused-ring (bicyclic) bond motifs is 3. The molecule has 3 aromatic rings. The Balaban J connectivity index is 1.65. The molecule has 0 atom stereocenters. The van der Waals surface area contributed by atoms with Gasteiger partial charge >= 0.3 is 0 Å². The third-order valence-corrected chi connectivity index (χ3v) is 5.36. The van der Waals surface area contributed by atoms with E-state index in [0.29, 0.717) is 36.6 Å². The first-order valence-electron chi connectivity index (χ1n) is 8.61. The number of carbonyl (C=O) groups is 1. The van der Waals surface area contributed by atoms with Crippen LogP contribution < -0.4 is 10.9 Å². The van der Waals surface area contributed by atoms with Crippen LogP contribution in [0, 0.1) is 0 Å². The Labute approximate surface area is 157 Å². The van der Waals surface area contributed by atoms with E-state index in [2.05, 4.69) is 26.2 Å². The van der Waals surface area contributed by atoms with Gasteiger partial charge in [-0.05, 0) is 38.1 Å². The average molecular weight is 419 g/mol. The average Bonchev–Trinajstić information content (AvgIpc) is 3.01. The smallest absolute Gasteiger partial charge is 0.294 e. The van der Waals surface area contributed by atoms with Crippen molar-refractivity contribution in [3.05, 3.63) is 38.9 Å². The topological polar surface area (TPSA) is 91.2 Å². The predicted octanol–water partition coefficient (Wildman–Crippen LogP) is 2.36. The van der Waals surface area contributed by atoms with Gasteiger partial charge in [0.2, 0.25) is 11.5 Å². The Bertz CT molecular complexity index is 1030. The second kappa shape index (κ2) is 6.85. The summed E-state index contributed by atoms with van der Waals surface area (Å²) in [4.78, 5) is 33.9. The molecule has 1 fully saturated rings. The van der Waals surface area contributed by atoms with Gasteiger partial charge in [-0.2, -0.15) is 0 Å². The van der Waals surface area contributed by atoms with Gasteiger partial charge in [0.1, 0.15) is 16.9 Å². The maximum Gasteiger partial charge on any atom is 0.294 e. The van der Waals surface area contributed by atoms with Crippen LogP contribution in [-0.4, -0.2) is 47.5 Å². The largest absolute Gasteiger partial charge is 0.449 e. The van der Waals surface area contributed by atoms with E-state index in [1.165, 1.54) is 0 Å². The molecule has 8 heteroatoms. The third kappa shape index (κ3) is 3.03. The molecule has 26 heavy (non-hydrogen) atoms. The maximum absolute atomic E-state index is 12.5. The number of aromatic nitrogens is 2. The summed E-state index contributed by atoms with van der Waals surface area (Å²) in [5.74, 6) is 0.905. The van der Waals surface area contributed by atoms with Crippen LogP contribution in [0.3, 0.4) is 0 Å². The van der Waals surface area contributed by atoms with Gasteiger partial charge in [-0.15, -0.1) is 0 Å². The molecule has 0 radical (unpaired) electrons. The molecule has 1 amide bonds. The summed E-state index contributed by atoms with van der Waals surface area (Å²) < 4.78 is 6.58. The van der Waals surface area contributed by atoms with Crippen molar-refractivity contribution in [2.75, 3.05) is 26.7 Å². The van der Waals surface area contributed by atoms with Crippen molar-refractivity contribution in [2.45, 2.75) is 18.8 Å². The fourth-order valence-electron chi connectivity index (χ4n) is 3.50. The summed E-state index contributed by atoms with van der Waals surface area (Å²) >= 11 is 3.45. The molecule has 0 spiro atoms. The number of nitrogens with zero attached hydrogens (tertiary/aromatic N) is 2. The minimum Gasteiger partial charge on any atom is -0.449 e. The minimum absolute atomic E-state index is 0.105. The summed E-state index contributed by atoms with van der Waals surface area (Å²) in [5.41, 5.74) is 1.23. The number of hydrogen-bond acceptors (Lipinski definition) is 5. The van der Waals surface area contributed by atoms with E-state index in [-0.39, 0.29) is 23.0 Å². The van der Waals surface area contributed by atoms with Crippen LogP contribution in [0.2, 0.25) is 0 Å². The monoisotopic (exact) mass is 418 g/mol. The lowest BCUT2D eigenvalue weighted by Crippen LogP contribution is -2.42. The van der Waals surface area contributed by atoms with Crippen molar-refractivity contribution < 1.29 is 9.21 Å². The number of aromatic amines is 1. The Morgan fingerprint density at radius 3 is 2.92 bits per heavy atom. The van der Waals surface area contributed by atoms with Crippen molar-refractivity contribution in [3.63, 3.8) is 0 Å². The fourth-order valence-corrected chi connectivity index (χ4v) is 3.86. The molecule has 0 aliphatic carbocycles. The zero-order valence-electron chi connectivity index (χ0n) is 14.3. The van der Waals surface area contributed by atoms with Crippen LogP contribution in [0.15, 0.2) is 31.9 Å². The summed E-state index contributed by atoms with van der Waals surface area (Å²) in [6, 6.07) is 5.61. The Kier molecular flexibility index (Phi) is 4.54. The number of H-pyrrole nitrogens is 1. The Morgan fingerprint density at radius 1 is 1.42 bits per heavy atom. The normalized spacial score (nSPS) is 15.8. The lowest BCUT2D eigenvalue weighted by Gasteiger charge is -2.31. The molecular weight excluding hydrogens is 400 g/mol. The second-order valence-corrected chi connectivity index (χ2v) is 7.47. The van der Waals surface area contributed by atoms with E-state index in [1.54, 1.807) is 7.05 Å². The molecule has 0 bridgehead atoms. The first-order chi connectivity index (χ1) is 12.6. The lowest BCUT2D eigenvalue weighted by molar-refractivity contribution is -0.131. The van der Waals surface area contributed by atoms with Gasteiger partial charge in [0, 0.05) is 28.9 Å². The Hall–Kier alpha value is -2.19. The van der Waals surface area contributed by atoms with Crippen molar-refractivity contribution in [1.29, 1.82) is 0 Å². The number of carbonyl (C=O) groups excluding carboxylic acids is 1. The molecule has 7 nitrogen and oxygen atoms in total. The van der Waals surface area contributed by atoms with Crippen molar-refractivity contribution in [1.82, 2.24) is 20.2 Å². The lowest BCUT2D eigenvalue weighted by atomic mass is 9.95. The highest BCUT2D eigenvalue weighted by Gasteiger charge is 2.26. The van der Waals surface area contributed by atoms with Crippen molar-refractivity contribution in [2.24, 2.45) is 0 Å². The first-order valence-corrected chi connectivity index (χ1v) is 9.40. The molecule has 0 saturated carbocycles. The van der Waals surface area contributed by atoms with E-state index in [9.17, 15) is 9.59 Å². The van der Waals surface area contributed by atoms with Crippen LogP contribution in [0.4, 0.5) is 0 Å². The van der Waals surface area contributed by atoms with E-state index in [0.717, 1.165) is 22.7 Å². The van der Waals surface area contributed by atoms with Crippen LogP contribution in [0.5, 0.6) is 0 Å². The molecular formula is C18H19BrN4O3. The third-order valence-electron chi connectivity index (χ3n) is 4.87. The first kappa shape index (κ1) is 17.2. The maximum atomic E-state index is 12.5. The second-order valence-electron chi connectivity index (χ2n) is 6.56. The molecule has 136 valence electrons. The number of piperidine rings is 1. The molecule has 1 aliphatic heterocycles. The number of amides is 1. The highest BCUT2D eigenvalue weighted by Crippen LogP contribution is 2.30. The molecule has 0 unspecified atom stereocenters. The highest BCUT2D eigenvalue weighted by atomic mass is 79.9. The van der Waals surface area contributed by atoms with Crippen molar-refractivity contribution in [3.8, 4) is 0 Å². The molecule has 4 rings (SSSR count). The standard InChI is InChI=1S/C18H19BrN4O3/c1-20-9-14(24)23-6-4-10(5-7-23)17-21-15-12-8-11(19)2-3-13(12)26-16(15)18(25)22-17/h2-3,8,10,20H,4-7,9H2,1H3,(H,21,22,25). The van der Waals surface area contributed by atoms with Gasteiger partial charge in [-0.25, -0.2) is 4.98 Å². The zero-order valence-corrected chi connectivity index (χ0v) is 15.9. The van der Waals surface area contributed by atoms with Gasteiger partial charge in [-0.1, -0.05) is 15.9 Å². The number of furan rings is 1. The Morgan fingerprint density at radius 2 is 2.19 bits per heavy atom. The number of nitrogens with one attached hydrogen (secondary N) is 2. The number of hydrogen-bond donors (Lipinski definition) is 2. The van der Waals surface area contributed by atoms with Gasteiger partial charge in [-0.3, -0.25) is 9.59 Å². The molecule has 2 N–H and O–H groups in total. The minimum atomic E-state index is -0.258. The summed E-state index contributed by atoms with van der Waals surface area (Å²) in [6.45, 7) is 1.69. The van der Waals surface area contributed by atoms with Gasteiger partial charge in [0.25, 0.3) is 5.56 Å². The molecule has 2 aromatic heterocycles. The highest BCUT2D eigenvalue weighted by molar-refractivity contribution is 9.10. The van der Waals surface area contributed by atoms with E-state index >= 15 is 0 Å². The molecule has 3 heterocycles. The molecule has 1 saturated heterocycles. The number of benzene rings is 1. The summed E-state index contributed by atoms with van der Waals surface area (Å²) in [5, 5.41) is 3.71. The zero-order chi connectivity index (χ0) is 18.3.